The van der Waals surface area contributed by atoms with Gasteiger partial charge in [-0.3, -0.25) is 4.68 Å². The molecule has 5 nitrogen and oxygen atoms in total. The molecule has 1 N–H and O–H groups in total. The van der Waals surface area contributed by atoms with E-state index >= 15 is 0 Å². The van der Waals surface area contributed by atoms with Crippen molar-refractivity contribution in [1.82, 2.24) is 9.78 Å². The van der Waals surface area contributed by atoms with Crippen molar-refractivity contribution in [3.05, 3.63) is 46.3 Å². The third kappa shape index (κ3) is 3.24. The molecule has 0 saturated heterocycles. The van der Waals surface area contributed by atoms with Crippen LogP contribution in [0.1, 0.15) is 79.9 Å². The van der Waals surface area contributed by atoms with Gasteiger partial charge >= 0.3 is 0 Å². The largest absolute Gasteiger partial charge is 0.508 e. The van der Waals surface area contributed by atoms with Crippen LogP contribution < -0.4 is 0 Å². The molecular weight excluding hydrogens is 384 g/mol. The van der Waals surface area contributed by atoms with Crippen LogP contribution in [0, 0.1) is 31.1 Å². The second-order valence-corrected chi connectivity index (χ2v) is 9.98. The summed E-state index contributed by atoms with van der Waals surface area (Å²) in [6.45, 7) is 9.57. The highest BCUT2D eigenvalue weighted by Crippen LogP contribution is 2.60. The first kappa shape index (κ1) is 20.5. The Labute approximate surface area is 185 Å². The predicted octanol–water partition coefficient (Wildman–Crippen LogP) is 5.56. The molecule has 1 heterocycles. The second-order valence-electron chi connectivity index (χ2n) is 9.98. The molecule has 2 aromatic rings. The van der Waals surface area contributed by atoms with E-state index in [9.17, 15) is 5.11 Å². The Balaban J connectivity index is 1.38. The number of rotatable bonds is 3. The van der Waals surface area contributed by atoms with E-state index in [1.165, 1.54) is 42.5 Å². The van der Waals surface area contributed by atoms with Crippen LogP contribution in [0.25, 0.3) is 0 Å². The summed E-state index contributed by atoms with van der Waals surface area (Å²) in [5.41, 5.74) is 7.59. The van der Waals surface area contributed by atoms with Crippen molar-refractivity contribution in [3.63, 3.8) is 0 Å². The lowest BCUT2D eigenvalue weighted by Gasteiger charge is -2.49. The van der Waals surface area contributed by atoms with E-state index in [1.54, 1.807) is 0 Å². The van der Waals surface area contributed by atoms with Gasteiger partial charge in [0.15, 0.2) is 0 Å². The summed E-state index contributed by atoms with van der Waals surface area (Å²) in [4.78, 5) is 0. The van der Waals surface area contributed by atoms with E-state index in [4.69, 9.17) is 5.10 Å². The minimum Gasteiger partial charge on any atom is -0.508 e. The van der Waals surface area contributed by atoms with Crippen molar-refractivity contribution in [1.29, 1.82) is 0 Å². The Bertz CT molecular complexity index is 1070. The lowest BCUT2D eigenvalue weighted by atomic mass is 9.55. The van der Waals surface area contributed by atoms with Gasteiger partial charge in [0.25, 0.3) is 0 Å². The van der Waals surface area contributed by atoms with E-state index in [0.717, 1.165) is 42.3 Å². The number of benzene rings is 1. The van der Waals surface area contributed by atoms with Crippen molar-refractivity contribution in [2.75, 3.05) is 0 Å². The number of nitrogens with zero attached hydrogens (tertiary/aromatic N) is 4. The zero-order valence-electron chi connectivity index (χ0n) is 19.2. The fourth-order valence-electron chi connectivity index (χ4n) is 6.88. The Kier molecular flexibility index (Phi) is 5.03. The molecule has 0 amide bonds. The predicted molar refractivity (Wildman–Crippen MR) is 125 cm³/mol. The Morgan fingerprint density at radius 1 is 1.23 bits per heavy atom. The smallest absolute Gasteiger partial charge is 0.115 e. The summed E-state index contributed by atoms with van der Waals surface area (Å²) >= 11 is 0. The molecule has 1 aromatic carbocycles. The van der Waals surface area contributed by atoms with Gasteiger partial charge in [-0.15, -0.1) is 0 Å². The van der Waals surface area contributed by atoms with Gasteiger partial charge in [0.05, 0.1) is 11.9 Å². The summed E-state index contributed by atoms with van der Waals surface area (Å²) < 4.78 is 2.03. The molecule has 0 radical (unpaired) electrons. The van der Waals surface area contributed by atoms with Crippen molar-refractivity contribution in [2.45, 2.75) is 78.7 Å². The zero-order chi connectivity index (χ0) is 21.8. The number of phenolic OH excluding ortho intramolecular Hbond substituents is 1. The molecule has 5 heteroatoms. The molecule has 0 aliphatic heterocycles. The maximum Gasteiger partial charge on any atom is 0.115 e. The van der Waals surface area contributed by atoms with E-state index in [-0.39, 0.29) is 5.41 Å². The number of aromatic nitrogens is 2. The van der Waals surface area contributed by atoms with Gasteiger partial charge < -0.3 is 5.11 Å². The minimum absolute atomic E-state index is 0.171. The molecule has 3 aliphatic carbocycles. The highest BCUT2D eigenvalue weighted by molar-refractivity contribution is 5.93. The van der Waals surface area contributed by atoms with Gasteiger partial charge in [-0.05, 0) is 100 Å². The average Bonchev–Trinajstić information content (AvgIpc) is 3.23. The lowest BCUT2D eigenvalue weighted by molar-refractivity contribution is 0.0955. The summed E-state index contributed by atoms with van der Waals surface area (Å²) in [6.07, 6.45) is 8.90. The van der Waals surface area contributed by atoms with Crippen LogP contribution in [0.2, 0.25) is 0 Å². The topological polar surface area (TPSA) is 62.8 Å². The second kappa shape index (κ2) is 7.61. The summed E-state index contributed by atoms with van der Waals surface area (Å²) in [7, 11) is 0. The van der Waals surface area contributed by atoms with Crippen LogP contribution in [-0.2, 0) is 13.0 Å². The van der Waals surface area contributed by atoms with Gasteiger partial charge in [-0.25, -0.2) is 0 Å². The number of aryl methyl sites for hydroxylation is 3. The average molecular weight is 419 g/mol. The fraction of sp³-hybridized carbons (Fsp3) is 0.577. The van der Waals surface area contributed by atoms with Crippen LogP contribution in [0.5, 0.6) is 5.75 Å². The van der Waals surface area contributed by atoms with Crippen LogP contribution in [0.4, 0.5) is 0 Å². The monoisotopic (exact) mass is 418 g/mol. The molecule has 0 unspecified atom stereocenters. The van der Waals surface area contributed by atoms with Gasteiger partial charge in [-0.1, -0.05) is 13.0 Å². The number of aromatic hydroxyl groups is 1. The fourth-order valence-corrected chi connectivity index (χ4v) is 6.88. The third-order valence-electron chi connectivity index (χ3n) is 8.55. The third-order valence-corrected chi connectivity index (χ3v) is 8.55. The van der Waals surface area contributed by atoms with Crippen molar-refractivity contribution < 1.29 is 5.11 Å². The van der Waals surface area contributed by atoms with Gasteiger partial charge in [-0.2, -0.15) is 15.3 Å². The first-order chi connectivity index (χ1) is 14.9. The van der Waals surface area contributed by atoms with Crippen molar-refractivity contribution in [2.24, 2.45) is 27.5 Å². The molecule has 5 rings (SSSR count). The highest BCUT2D eigenvalue weighted by atomic mass is 16.3. The quantitative estimate of drug-likeness (QED) is 0.524. The zero-order valence-corrected chi connectivity index (χ0v) is 19.2. The molecule has 4 atom stereocenters. The van der Waals surface area contributed by atoms with E-state index < -0.39 is 0 Å². The Morgan fingerprint density at radius 3 is 2.84 bits per heavy atom. The molecule has 164 valence electrons. The summed E-state index contributed by atoms with van der Waals surface area (Å²) in [5.74, 6) is 2.45. The molecule has 1 aromatic heterocycles. The molecule has 2 saturated carbocycles. The number of hydrogen-bond donors (Lipinski definition) is 1. The number of phenols is 1. The summed E-state index contributed by atoms with van der Waals surface area (Å²) in [5, 5.41) is 23.8. The lowest BCUT2D eigenvalue weighted by Crippen LogP contribution is -2.42. The first-order valence-corrected chi connectivity index (χ1v) is 11.9. The molecule has 0 bridgehead atoms. The number of hydrogen-bond acceptors (Lipinski definition) is 4. The summed E-state index contributed by atoms with van der Waals surface area (Å²) in [6, 6.07) is 6.04. The maximum atomic E-state index is 9.89. The molecule has 2 fully saturated rings. The molecular formula is C26H34N4O. The van der Waals surface area contributed by atoms with Crippen LogP contribution in [0.15, 0.2) is 28.4 Å². The number of fused-ring (bicyclic) bond motifs is 5. The van der Waals surface area contributed by atoms with Crippen LogP contribution in [0.3, 0.4) is 0 Å². The van der Waals surface area contributed by atoms with Gasteiger partial charge in [0.1, 0.15) is 5.75 Å². The van der Waals surface area contributed by atoms with Crippen LogP contribution >= 0.6 is 0 Å². The molecule has 3 aliphatic rings. The Morgan fingerprint density at radius 2 is 2.06 bits per heavy atom. The molecule has 31 heavy (non-hydrogen) atoms. The van der Waals surface area contributed by atoms with E-state index in [2.05, 4.69) is 37.0 Å². The Hall–Kier alpha value is -2.43. The standard InChI is InChI=1S/C26H34N4O/c1-5-30-17(3)23(16(2)29-30)15-27-28-25-11-10-24-22-8-6-18-14-19(31)7-9-20(18)21(22)12-13-26(24,25)4/h7,9,14-15,21-22,24,31H,5-6,8,10-13H2,1-4H3/b27-15-,28-25-/t21-,22-,24-,26-/m1/s1. The normalized spacial score (nSPS) is 31.1. The van der Waals surface area contributed by atoms with E-state index in [0.29, 0.717) is 17.6 Å². The van der Waals surface area contributed by atoms with Crippen molar-refractivity contribution in [3.8, 4) is 5.75 Å². The SMILES string of the molecule is CCn1nc(C)c(/C=N\N=C2\CC[C@@H]3[C@@H]4CCc5cc(O)ccc5[C@H]4CC[C@@]23C)c1C. The van der Waals surface area contributed by atoms with Gasteiger partial charge in [0.2, 0.25) is 0 Å². The highest BCUT2D eigenvalue weighted by Gasteiger charge is 2.53. The minimum atomic E-state index is 0.171. The van der Waals surface area contributed by atoms with Crippen molar-refractivity contribution >= 4 is 11.9 Å². The van der Waals surface area contributed by atoms with Gasteiger partial charge in [0, 0.05) is 28.9 Å². The molecule has 0 spiro atoms. The van der Waals surface area contributed by atoms with E-state index in [1.807, 2.05) is 30.0 Å². The first-order valence-electron chi connectivity index (χ1n) is 11.9. The van der Waals surface area contributed by atoms with Crippen LogP contribution in [-0.4, -0.2) is 26.8 Å². The maximum absolute atomic E-state index is 9.89.